The highest BCUT2D eigenvalue weighted by Gasteiger charge is 2.49. The van der Waals surface area contributed by atoms with Crippen molar-refractivity contribution in [2.75, 3.05) is 19.3 Å². The Morgan fingerprint density at radius 2 is 2.09 bits per heavy atom. The zero-order valence-corrected chi connectivity index (χ0v) is 18.3. The molecule has 0 unspecified atom stereocenters. The Kier molecular flexibility index (Phi) is 4.58. The van der Waals surface area contributed by atoms with E-state index >= 15 is 0 Å². The Hall–Kier alpha value is -3.62. The van der Waals surface area contributed by atoms with E-state index in [9.17, 15) is 13.7 Å². The van der Waals surface area contributed by atoms with E-state index in [1.807, 2.05) is 31.2 Å². The Morgan fingerprint density at radius 1 is 1.28 bits per heavy atom. The van der Waals surface area contributed by atoms with E-state index in [1.165, 1.54) is 10.6 Å². The number of rotatable bonds is 5. The molecule has 4 aromatic rings. The van der Waals surface area contributed by atoms with Gasteiger partial charge in [-0.15, -0.1) is 0 Å². The predicted octanol–water partition coefficient (Wildman–Crippen LogP) is 2.08. The quantitative estimate of drug-likeness (QED) is 0.494. The molecule has 11 heteroatoms. The van der Waals surface area contributed by atoms with Gasteiger partial charge in [0.2, 0.25) is 10.0 Å². The number of H-pyrrole nitrogens is 1. The number of hydrogen-bond donors (Lipinski definition) is 1. The maximum Gasteiger partial charge on any atom is 0.211 e. The molecule has 1 aliphatic rings. The number of aromatic amines is 1. The lowest BCUT2D eigenvalue weighted by atomic mass is 9.89. The first kappa shape index (κ1) is 20.3. The van der Waals surface area contributed by atoms with Crippen molar-refractivity contribution in [3.05, 3.63) is 48.5 Å². The number of nitrogens with one attached hydrogen (secondary N) is 1. The maximum absolute atomic E-state index is 11.9. The van der Waals surface area contributed by atoms with Crippen LogP contribution in [0.4, 0.5) is 0 Å². The van der Waals surface area contributed by atoms with Gasteiger partial charge >= 0.3 is 0 Å². The minimum atomic E-state index is -3.32. The standard InChI is InChI=1S/C21H20N8O2S/c1-14-16(11-24-26-14)19-10-18-15(4-3-8-23-18)20(25-19)17-5-9-29(27-17)21(6-7-22)12-28(13-21)32(2,30)31/h3-5,8-11H,6,12-13H2,1-2H3,(H,24,26). The van der Waals surface area contributed by atoms with E-state index in [4.69, 9.17) is 10.1 Å². The number of nitriles is 1. The molecule has 162 valence electrons. The highest BCUT2D eigenvalue weighted by atomic mass is 32.2. The highest BCUT2D eigenvalue weighted by molar-refractivity contribution is 7.88. The van der Waals surface area contributed by atoms with Crippen molar-refractivity contribution in [2.24, 2.45) is 0 Å². The average Bonchev–Trinajstić information content (AvgIpc) is 3.38. The second-order valence-corrected chi connectivity index (χ2v) is 10.0. The van der Waals surface area contributed by atoms with Crippen molar-refractivity contribution in [1.29, 1.82) is 5.26 Å². The fourth-order valence-electron chi connectivity index (χ4n) is 4.07. The Bertz CT molecular complexity index is 1470. The summed E-state index contributed by atoms with van der Waals surface area (Å²) in [5.41, 5.74) is 3.81. The van der Waals surface area contributed by atoms with E-state index in [0.717, 1.165) is 27.9 Å². The van der Waals surface area contributed by atoms with Gasteiger partial charge in [-0.3, -0.25) is 14.8 Å². The molecule has 5 heterocycles. The van der Waals surface area contributed by atoms with Gasteiger partial charge in [-0.1, -0.05) is 0 Å². The molecule has 10 nitrogen and oxygen atoms in total. The number of aromatic nitrogens is 6. The number of nitrogens with zero attached hydrogens (tertiary/aromatic N) is 7. The molecule has 0 bridgehead atoms. The first-order chi connectivity index (χ1) is 15.3. The molecule has 0 spiro atoms. The van der Waals surface area contributed by atoms with Gasteiger partial charge < -0.3 is 0 Å². The Balaban J connectivity index is 1.60. The van der Waals surface area contributed by atoms with Crippen LogP contribution in [0.5, 0.6) is 0 Å². The molecule has 0 radical (unpaired) electrons. The maximum atomic E-state index is 11.9. The number of hydrogen-bond acceptors (Lipinski definition) is 7. The summed E-state index contributed by atoms with van der Waals surface area (Å²) in [6.07, 6.45) is 6.64. The third-order valence-corrected chi connectivity index (χ3v) is 7.04. The van der Waals surface area contributed by atoms with Crippen LogP contribution in [-0.2, 0) is 15.6 Å². The van der Waals surface area contributed by atoms with Gasteiger partial charge in [0.05, 0.1) is 35.7 Å². The van der Waals surface area contributed by atoms with Gasteiger partial charge in [0, 0.05) is 42.6 Å². The molecule has 4 aromatic heterocycles. The molecule has 0 amide bonds. The third kappa shape index (κ3) is 3.24. The topological polar surface area (TPSA) is 133 Å². The van der Waals surface area contributed by atoms with Crippen LogP contribution in [0.25, 0.3) is 33.5 Å². The molecule has 32 heavy (non-hydrogen) atoms. The van der Waals surface area contributed by atoms with Crippen LogP contribution in [0.1, 0.15) is 12.1 Å². The highest BCUT2D eigenvalue weighted by Crippen LogP contribution is 2.36. The van der Waals surface area contributed by atoms with E-state index in [-0.39, 0.29) is 19.5 Å². The van der Waals surface area contributed by atoms with Crippen molar-refractivity contribution in [2.45, 2.75) is 18.9 Å². The van der Waals surface area contributed by atoms with E-state index in [2.05, 4.69) is 21.3 Å². The van der Waals surface area contributed by atoms with E-state index in [0.29, 0.717) is 11.4 Å². The fourth-order valence-corrected chi connectivity index (χ4v) is 5.02. The summed E-state index contributed by atoms with van der Waals surface area (Å²) in [6.45, 7) is 2.33. The summed E-state index contributed by atoms with van der Waals surface area (Å²) in [6, 6.07) is 9.72. The van der Waals surface area contributed by atoms with Gasteiger partial charge in [-0.25, -0.2) is 13.4 Å². The van der Waals surface area contributed by atoms with Crippen molar-refractivity contribution in [3.63, 3.8) is 0 Å². The molecule has 1 saturated heterocycles. The van der Waals surface area contributed by atoms with Crippen LogP contribution >= 0.6 is 0 Å². The van der Waals surface area contributed by atoms with Crippen LogP contribution in [0, 0.1) is 18.3 Å². The summed E-state index contributed by atoms with van der Waals surface area (Å²) in [5.74, 6) is 0. The lowest BCUT2D eigenvalue weighted by molar-refractivity contribution is 0.0726. The van der Waals surface area contributed by atoms with Crippen molar-refractivity contribution >= 4 is 20.9 Å². The molecule has 0 aromatic carbocycles. The summed E-state index contributed by atoms with van der Waals surface area (Å²) >= 11 is 0. The van der Waals surface area contributed by atoms with Crippen LogP contribution in [-0.4, -0.2) is 62.0 Å². The van der Waals surface area contributed by atoms with Gasteiger partial charge in [0.1, 0.15) is 16.9 Å². The first-order valence-electron chi connectivity index (χ1n) is 9.96. The Labute approximate surface area is 184 Å². The summed E-state index contributed by atoms with van der Waals surface area (Å²) in [7, 11) is -3.32. The zero-order chi connectivity index (χ0) is 22.5. The lowest BCUT2D eigenvalue weighted by Gasteiger charge is -2.47. The second-order valence-electron chi connectivity index (χ2n) is 8.05. The SMILES string of the molecule is Cc1n[nH]cc1-c1cc2ncccc2c(-c2ccn(C3(CC#N)CN(S(C)(=O)=O)C3)n2)n1. The largest absolute Gasteiger partial charge is 0.285 e. The minimum Gasteiger partial charge on any atom is -0.285 e. The van der Waals surface area contributed by atoms with Crippen LogP contribution in [0.15, 0.2) is 42.9 Å². The predicted molar refractivity (Wildman–Crippen MR) is 118 cm³/mol. The zero-order valence-electron chi connectivity index (χ0n) is 17.5. The van der Waals surface area contributed by atoms with Crippen LogP contribution in [0.2, 0.25) is 0 Å². The molecule has 0 aliphatic carbocycles. The molecule has 5 rings (SSSR count). The number of sulfonamides is 1. The van der Waals surface area contributed by atoms with Gasteiger partial charge in [-0.05, 0) is 31.2 Å². The van der Waals surface area contributed by atoms with Crippen LogP contribution < -0.4 is 0 Å². The smallest absolute Gasteiger partial charge is 0.211 e. The molecular formula is C21H20N8O2S. The molecule has 0 atom stereocenters. The summed E-state index contributed by atoms with van der Waals surface area (Å²) < 4.78 is 26.8. The molecular weight excluding hydrogens is 428 g/mol. The molecule has 1 fully saturated rings. The van der Waals surface area contributed by atoms with Gasteiger partial charge in [0.25, 0.3) is 0 Å². The summed E-state index contributed by atoms with van der Waals surface area (Å²) in [4.78, 5) is 9.36. The van der Waals surface area contributed by atoms with Crippen molar-refractivity contribution in [1.82, 2.24) is 34.3 Å². The molecule has 1 aliphatic heterocycles. The number of aryl methyl sites for hydroxylation is 1. The molecule has 0 saturated carbocycles. The number of fused-ring (bicyclic) bond motifs is 1. The van der Waals surface area contributed by atoms with Crippen molar-refractivity contribution in [3.8, 4) is 28.7 Å². The third-order valence-electron chi connectivity index (χ3n) is 5.84. The van der Waals surface area contributed by atoms with Gasteiger partial charge in [0.15, 0.2) is 0 Å². The van der Waals surface area contributed by atoms with Crippen molar-refractivity contribution < 1.29 is 8.42 Å². The summed E-state index contributed by atoms with van der Waals surface area (Å²) in [5, 5.41) is 22.0. The monoisotopic (exact) mass is 448 g/mol. The molecule has 1 N–H and O–H groups in total. The number of pyridine rings is 2. The first-order valence-corrected chi connectivity index (χ1v) is 11.8. The average molecular weight is 449 g/mol. The van der Waals surface area contributed by atoms with E-state index < -0.39 is 15.6 Å². The normalized spacial score (nSPS) is 16.0. The second kappa shape index (κ2) is 7.22. The minimum absolute atomic E-state index is 0.157. The lowest BCUT2D eigenvalue weighted by Crippen LogP contribution is -2.63. The van der Waals surface area contributed by atoms with E-state index in [1.54, 1.807) is 23.3 Å². The van der Waals surface area contributed by atoms with Gasteiger partial charge in [-0.2, -0.15) is 19.8 Å². The fraction of sp³-hybridized carbons (Fsp3) is 0.286. The van der Waals surface area contributed by atoms with Crippen LogP contribution in [0.3, 0.4) is 0 Å². The Morgan fingerprint density at radius 3 is 2.78 bits per heavy atom.